The fourth-order valence-electron chi connectivity index (χ4n) is 7.72. The number of hydrogen-bond acceptors (Lipinski definition) is 5. The van der Waals surface area contributed by atoms with Crippen molar-refractivity contribution in [1.29, 1.82) is 0 Å². The van der Waals surface area contributed by atoms with Gasteiger partial charge in [-0.3, -0.25) is 9.59 Å². The maximum atomic E-state index is 13.1. The van der Waals surface area contributed by atoms with Crippen LogP contribution in [-0.2, 0) is 14.3 Å². The lowest BCUT2D eigenvalue weighted by atomic mass is 10.0. The summed E-state index contributed by atoms with van der Waals surface area (Å²) in [5.74, 6) is -0.498. The van der Waals surface area contributed by atoms with E-state index >= 15 is 0 Å². The molecule has 1 amide bonds. The summed E-state index contributed by atoms with van der Waals surface area (Å²) in [6.45, 7) is 6.46. The van der Waals surface area contributed by atoms with Crippen LogP contribution >= 0.6 is 0 Å². The van der Waals surface area contributed by atoms with Crippen LogP contribution in [0.2, 0.25) is 0 Å². The summed E-state index contributed by atoms with van der Waals surface area (Å²) in [6, 6.07) is -0.700. The molecule has 0 aliphatic rings. The fraction of sp³-hybridized carbons (Fsp3) is 0.882. The minimum absolute atomic E-state index is 0.0710. The summed E-state index contributed by atoms with van der Waals surface area (Å²) in [5, 5.41) is 23.7. The Morgan fingerprint density at radius 3 is 1.30 bits per heavy atom. The molecule has 0 aromatic heterocycles. The second-order valence-corrected chi connectivity index (χ2v) is 17.3. The minimum atomic E-state index is -0.786. The van der Waals surface area contributed by atoms with Crippen LogP contribution < -0.4 is 5.32 Å². The van der Waals surface area contributed by atoms with Gasteiger partial charge in [-0.05, 0) is 51.4 Å². The van der Waals surface area contributed by atoms with Gasteiger partial charge in [-0.2, -0.15) is 0 Å². The maximum absolute atomic E-state index is 13.1. The Hall–Kier alpha value is -1.66. The van der Waals surface area contributed by atoms with Gasteiger partial charge in [0.1, 0.15) is 6.10 Å². The van der Waals surface area contributed by atoms with Crippen molar-refractivity contribution >= 4 is 11.9 Å². The van der Waals surface area contributed by atoms with Gasteiger partial charge in [0.15, 0.2) is 0 Å². The molecular formula is C51H97NO5. The average Bonchev–Trinajstić information content (AvgIpc) is 3.20. The molecule has 6 heteroatoms. The highest BCUT2D eigenvalue weighted by Gasteiger charge is 2.24. The number of unbranched alkanes of at least 4 members (excludes halogenated alkanes) is 30. The number of amides is 1. The Morgan fingerprint density at radius 1 is 0.509 bits per heavy atom. The lowest BCUT2D eigenvalue weighted by Crippen LogP contribution is -2.46. The first-order valence-electron chi connectivity index (χ1n) is 25.1. The van der Waals surface area contributed by atoms with Gasteiger partial charge in [0, 0.05) is 6.42 Å². The molecule has 0 aliphatic carbocycles. The summed E-state index contributed by atoms with van der Waals surface area (Å²) in [4.78, 5) is 26.0. The Kier molecular flexibility index (Phi) is 44.1. The lowest BCUT2D eigenvalue weighted by molar-refractivity contribution is -0.151. The van der Waals surface area contributed by atoms with Crippen LogP contribution in [0, 0.1) is 0 Å². The van der Waals surface area contributed by atoms with E-state index in [2.05, 4.69) is 50.4 Å². The molecule has 3 unspecified atom stereocenters. The number of nitrogens with one attached hydrogen (secondary N) is 1. The molecule has 0 aliphatic heterocycles. The Bertz CT molecular complexity index is 904. The van der Waals surface area contributed by atoms with Crippen LogP contribution in [0.3, 0.4) is 0 Å². The molecular weight excluding hydrogens is 707 g/mol. The van der Waals surface area contributed by atoms with Crippen molar-refractivity contribution < 1.29 is 24.5 Å². The lowest BCUT2D eigenvalue weighted by Gasteiger charge is -2.24. The molecule has 0 saturated heterocycles. The molecule has 0 aromatic carbocycles. The Labute approximate surface area is 354 Å². The van der Waals surface area contributed by atoms with Crippen LogP contribution in [-0.4, -0.2) is 46.9 Å². The molecule has 0 aromatic rings. The maximum Gasteiger partial charge on any atom is 0.306 e. The SMILES string of the molecule is CCCCCCCCC/C=C/C=C/CCCCCC(=O)OC(CCCCCCCCCC)CC(=O)NC(CO)C(O)CCCCCCCCCCCCCCCC. The van der Waals surface area contributed by atoms with Crippen molar-refractivity contribution in [3.8, 4) is 0 Å². The van der Waals surface area contributed by atoms with Gasteiger partial charge in [-0.25, -0.2) is 0 Å². The van der Waals surface area contributed by atoms with E-state index in [4.69, 9.17) is 4.74 Å². The van der Waals surface area contributed by atoms with Crippen LogP contribution in [0.5, 0.6) is 0 Å². The smallest absolute Gasteiger partial charge is 0.306 e. The average molecular weight is 804 g/mol. The molecule has 3 atom stereocenters. The molecule has 336 valence electrons. The van der Waals surface area contributed by atoms with E-state index in [1.165, 1.54) is 154 Å². The van der Waals surface area contributed by atoms with E-state index in [9.17, 15) is 19.8 Å². The van der Waals surface area contributed by atoms with Gasteiger partial charge in [-0.1, -0.05) is 225 Å². The van der Waals surface area contributed by atoms with Crippen molar-refractivity contribution in [2.75, 3.05) is 6.61 Å². The van der Waals surface area contributed by atoms with E-state index in [1.807, 2.05) is 0 Å². The van der Waals surface area contributed by atoms with Gasteiger partial charge in [-0.15, -0.1) is 0 Å². The molecule has 0 radical (unpaired) electrons. The molecule has 0 bridgehead atoms. The van der Waals surface area contributed by atoms with Crippen molar-refractivity contribution in [1.82, 2.24) is 5.32 Å². The third kappa shape index (κ3) is 40.9. The Morgan fingerprint density at radius 2 is 0.877 bits per heavy atom. The summed E-state index contributed by atoms with van der Waals surface area (Å²) < 4.78 is 5.89. The monoisotopic (exact) mass is 804 g/mol. The number of allylic oxidation sites excluding steroid dienone is 4. The van der Waals surface area contributed by atoms with E-state index < -0.39 is 18.2 Å². The van der Waals surface area contributed by atoms with Crippen LogP contribution in [0.15, 0.2) is 24.3 Å². The topological polar surface area (TPSA) is 95.9 Å². The van der Waals surface area contributed by atoms with E-state index in [0.717, 1.165) is 64.2 Å². The van der Waals surface area contributed by atoms with Crippen LogP contribution in [0.4, 0.5) is 0 Å². The number of carbonyl (C=O) groups excluding carboxylic acids is 2. The van der Waals surface area contributed by atoms with E-state index in [-0.39, 0.29) is 24.9 Å². The molecule has 0 rings (SSSR count). The highest BCUT2D eigenvalue weighted by atomic mass is 16.5. The fourth-order valence-corrected chi connectivity index (χ4v) is 7.72. The highest BCUT2D eigenvalue weighted by Crippen LogP contribution is 2.18. The van der Waals surface area contributed by atoms with Gasteiger partial charge >= 0.3 is 5.97 Å². The summed E-state index contributed by atoms with van der Waals surface area (Å²) in [7, 11) is 0. The predicted octanol–water partition coefficient (Wildman–Crippen LogP) is 14.7. The second-order valence-electron chi connectivity index (χ2n) is 17.3. The van der Waals surface area contributed by atoms with Crippen molar-refractivity contribution in [3.05, 3.63) is 24.3 Å². The number of carbonyl (C=O) groups is 2. The van der Waals surface area contributed by atoms with Gasteiger partial charge in [0.05, 0.1) is 25.2 Å². The largest absolute Gasteiger partial charge is 0.462 e. The number of esters is 1. The molecule has 0 fully saturated rings. The zero-order valence-corrected chi connectivity index (χ0v) is 38.2. The van der Waals surface area contributed by atoms with Crippen LogP contribution in [0.1, 0.15) is 265 Å². The number of aliphatic hydroxyl groups excluding tert-OH is 2. The van der Waals surface area contributed by atoms with Gasteiger partial charge in [0.25, 0.3) is 0 Å². The van der Waals surface area contributed by atoms with E-state index in [1.54, 1.807) is 0 Å². The summed E-state index contributed by atoms with van der Waals surface area (Å²) in [5.41, 5.74) is 0. The number of aliphatic hydroxyl groups is 2. The van der Waals surface area contributed by atoms with Gasteiger partial charge in [0.2, 0.25) is 5.91 Å². The number of rotatable bonds is 45. The molecule has 3 N–H and O–H groups in total. The first-order valence-corrected chi connectivity index (χ1v) is 25.1. The third-order valence-electron chi connectivity index (χ3n) is 11.6. The first kappa shape index (κ1) is 55.3. The molecule has 6 nitrogen and oxygen atoms in total. The zero-order chi connectivity index (χ0) is 41.7. The molecule has 0 heterocycles. The summed E-state index contributed by atoms with van der Waals surface area (Å²) in [6.07, 6.45) is 51.0. The van der Waals surface area contributed by atoms with Crippen molar-refractivity contribution in [2.24, 2.45) is 0 Å². The number of hydrogen-bond donors (Lipinski definition) is 3. The van der Waals surface area contributed by atoms with Crippen molar-refractivity contribution in [3.63, 3.8) is 0 Å². The predicted molar refractivity (Wildman–Crippen MR) is 246 cm³/mol. The van der Waals surface area contributed by atoms with E-state index in [0.29, 0.717) is 19.3 Å². The third-order valence-corrected chi connectivity index (χ3v) is 11.6. The quantitative estimate of drug-likeness (QED) is 0.0324. The minimum Gasteiger partial charge on any atom is -0.462 e. The number of ether oxygens (including phenoxy) is 1. The Balaban J connectivity index is 4.45. The zero-order valence-electron chi connectivity index (χ0n) is 38.2. The molecule has 0 spiro atoms. The first-order chi connectivity index (χ1) is 28.0. The highest BCUT2D eigenvalue weighted by molar-refractivity contribution is 5.77. The molecule has 57 heavy (non-hydrogen) atoms. The van der Waals surface area contributed by atoms with Crippen LogP contribution in [0.25, 0.3) is 0 Å². The van der Waals surface area contributed by atoms with Crippen molar-refractivity contribution in [2.45, 2.75) is 283 Å². The standard InChI is InChI=1S/C51H97NO5/c1-4-7-10-13-16-19-21-23-25-26-28-30-32-35-38-41-44-51(56)57-47(42-39-36-33-18-15-12-9-6-3)45-50(55)52-48(46-53)49(54)43-40-37-34-31-29-27-24-22-20-17-14-11-8-5-2/h25-26,28,30,47-49,53-54H,4-24,27,29,31-46H2,1-3H3,(H,52,55)/b26-25+,30-28+. The van der Waals surface area contributed by atoms with Gasteiger partial charge < -0.3 is 20.3 Å². The second kappa shape index (κ2) is 45.4. The normalized spacial score (nSPS) is 13.4. The molecule has 0 saturated carbocycles. The summed E-state index contributed by atoms with van der Waals surface area (Å²) >= 11 is 0.